The summed E-state index contributed by atoms with van der Waals surface area (Å²) in [5.74, 6) is 2.09. The molecule has 2 N–H and O–H groups in total. The highest BCUT2D eigenvalue weighted by Gasteiger charge is 2.42. The lowest BCUT2D eigenvalue weighted by molar-refractivity contribution is -0.132. The van der Waals surface area contributed by atoms with Crippen molar-refractivity contribution in [3.05, 3.63) is 0 Å². The molecule has 23 heavy (non-hydrogen) atoms. The number of nitrogens with one attached hydrogen (secondary N) is 2. The number of carbonyl (C=O) groups is 2. The standard InChI is InChI=1S/C18H32N2O3/c1-12(2)17(20-16(21)11-23-3)18(22)19-10-14-9-15(14)13-7-5-4-6-8-13/h12-15,17H,4-11H2,1-3H3,(H,19,22)(H,20,21)/t14-,15+,17+/m1/s1. The Hall–Kier alpha value is -1.10. The van der Waals surface area contributed by atoms with E-state index < -0.39 is 6.04 Å². The Balaban J connectivity index is 1.73. The number of carbonyl (C=O) groups excluding carboxylic acids is 2. The highest BCUT2D eigenvalue weighted by atomic mass is 16.5. The molecule has 0 aromatic heterocycles. The quantitative estimate of drug-likeness (QED) is 0.718. The Kier molecular flexibility index (Phi) is 6.88. The van der Waals surface area contributed by atoms with Gasteiger partial charge in [-0.15, -0.1) is 0 Å². The fraction of sp³-hybridized carbons (Fsp3) is 0.889. The van der Waals surface area contributed by atoms with Gasteiger partial charge in [0.2, 0.25) is 11.8 Å². The number of ether oxygens (including phenoxy) is 1. The van der Waals surface area contributed by atoms with Crippen LogP contribution in [0.25, 0.3) is 0 Å². The molecule has 2 aliphatic rings. The average Bonchev–Trinajstić information content (AvgIpc) is 3.31. The SMILES string of the molecule is COCC(=O)N[C@H](C(=O)NC[C@H]1C[C@H]1C1CCCCC1)C(C)C. The van der Waals surface area contributed by atoms with Crippen molar-refractivity contribution in [2.24, 2.45) is 23.7 Å². The minimum atomic E-state index is -0.482. The van der Waals surface area contributed by atoms with Crippen LogP contribution in [0.4, 0.5) is 0 Å². The second-order valence-electron chi connectivity index (χ2n) is 7.53. The zero-order valence-corrected chi connectivity index (χ0v) is 14.8. The molecule has 2 amide bonds. The molecular formula is C18H32N2O3. The van der Waals surface area contributed by atoms with Crippen molar-refractivity contribution < 1.29 is 14.3 Å². The Morgan fingerprint density at radius 3 is 2.48 bits per heavy atom. The summed E-state index contributed by atoms with van der Waals surface area (Å²) in [7, 11) is 1.47. The van der Waals surface area contributed by atoms with Gasteiger partial charge in [0.15, 0.2) is 0 Å². The van der Waals surface area contributed by atoms with Gasteiger partial charge in [0.1, 0.15) is 12.6 Å². The van der Waals surface area contributed by atoms with Crippen molar-refractivity contribution in [2.75, 3.05) is 20.3 Å². The van der Waals surface area contributed by atoms with E-state index >= 15 is 0 Å². The third-order valence-electron chi connectivity index (χ3n) is 5.31. The normalized spacial score (nSPS) is 25.9. The minimum absolute atomic E-state index is 0.0110. The van der Waals surface area contributed by atoms with Crippen LogP contribution in [0.2, 0.25) is 0 Å². The highest BCUT2D eigenvalue weighted by molar-refractivity contribution is 5.88. The monoisotopic (exact) mass is 324 g/mol. The second-order valence-corrected chi connectivity index (χ2v) is 7.53. The van der Waals surface area contributed by atoms with Gasteiger partial charge >= 0.3 is 0 Å². The van der Waals surface area contributed by atoms with Gasteiger partial charge in [0, 0.05) is 13.7 Å². The number of hydrogen-bond acceptors (Lipinski definition) is 3. The van der Waals surface area contributed by atoms with Crippen LogP contribution >= 0.6 is 0 Å². The van der Waals surface area contributed by atoms with E-state index in [1.165, 1.54) is 45.6 Å². The lowest BCUT2D eigenvalue weighted by Crippen LogP contribution is -2.51. The van der Waals surface area contributed by atoms with Gasteiger partial charge in [-0.05, 0) is 30.1 Å². The summed E-state index contributed by atoms with van der Waals surface area (Å²) in [6.45, 7) is 4.63. The maximum absolute atomic E-state index is 12.4. The van der Waals surface area contributed by atoms with E-state index in [2.05, 4.69) is 10.6 Å². The first-order valence-electron chi connectivity index (χ1n) is 9.09. The molecule has 3 atom stereocenters. The average molecular weight is 324 g/mol. The Bertz CT molecular complexity index is 405. The van der Waals surface area contributed by atoms with E-state index in [0.717, 1.165) is 18.4 Å². The predicted molar refractivity (Wildman–Crippen MR) is 89.8 cm³/mol. The van der Waals surface area contributed by atoms with E-state index in [4.69, 9.17) is 4.74 Å². The molecule has 0 saturated heterocycles. The summed E-state index contributed by atoms with van der Waals surface area (Å²) >= 11 is 0. The van der Waals surface area contributed by atoms with Gasteiger partial charge in [-0.2, -0.15) is 0 Å². The fourth-order valence-electron chi connectivity index (χ4n) is 3.87. The predicted octanol–water partition coefficient (Wildman–Crippen LogP) is 2.11. The first kappa shape index (κ1) is 18.2. The van der Waals surface area contributed by atoms with Crippen LogP contribution in [0.15, 0.2) is 0 Å². The highest BCUT2D eigenvalue weighted by Crippen LogP contribution is 2.48. The molecule has 0 unspecified atom stereocenters. The van der Waals surface area contributed by atoms with Crippen LogP contribution in [-0.2, 0) is 14.3 Å². The molecule has 132 valence electrons. The summed E-state index contributed by atoms with van der Waals surface area (Å²) in [6, 6.07) is -0.482. The molecule has 5 heteroatoms. The smallest absolute Gasteiger partial charge is 0.246 e. The first-order chi connectivity index (χ1) is 11.0. The van der Waals surface area contributed by atoms with Gasteiger partial charge < -0.3 is 15.4 Å². The topological polar surface area (TPSA) is 67.4 Å². The Labute approximate surface area is 139 Å². The summed E-state index contributed by atoms with van der Waals surface area (Å²) in [6.07, 6.45) is 8.14. The molecule has 0 aromatic rings. The van der Waals surface area contributed by atoms with Crippen LogP contribution in [0.5, 0.6) is 0 Å². The molecule has 0 radical (unpaired) electrons. The van der Waals surface area contributed by atoms with Crippen LogP contribution in [-0.4, -0.2) is 38.1 Å². The van der Waals surface area contributed by atoms with Gasteiger partial charge in [0.05, 0.1) is 0 Å². The number of hydrogen-bond donors (Lipinski definition) is 2. The molecular weight excluding hydrogens is 292 g/mol. The van der Waals surface area contributed by atoms with E-state index in [0.29, 0.717) is 5.92 Å². The number of rotatable bonds is 8. The molecule has 5 nitrogen and oxygen atoms in total. The lowest BCUT2D eigenvalue weighted by Gasteiger charge is -2.23. The second kappa shape index (κ2) is 8.67. The van der Waals surface area contributed by atoms with Crippen molar-refractivity contribution >= 4 is 11.8 Å². The molecule has 2 rings (SSSR count). The third-order valence-corrected chi connectivity index (χ3v) is 5.31. The molecule has 0 aromatic carbocycles. The summed E-state index contributed by atoms with van der Waals surface area (Å²) in [5, 5.41) is 5.81. The zero-order valence-electron chi connectivity index (χ0n) is 14.8. The maximum Gasteiger partial charge on any atom is 0.246 e. The summed E-state index contributed by atoms with van der Waals surface area (Å²) < 4.78 is 4.81. The van der Waals surface area contributed by atoms with E-state index in [9.17, 15) is 9.59 Å². The zero-order chi connectivity index (χ0) is 16.8. The van der Waals surface area contributed by atoms with Crippen molar-refractivity contribution in [2.45, 2.75) is 58.4 Å². The van der Waals surface area contributed by atoms with Gasteiger partial charge in [-0.3, -0.25) is 9.59 Å². The fourth-order valence-corrected chi connectivity index (χ4v) is 3.87. The van der Waals surface area contributed by atoms with Gasteiger partial charge in [-0.25, -0.2) is 0 Å². The minimum Gasteiger partial charge on any atom is -0.375 e. The van der Waals surface area contributed by atoms with E-state index in [-0.39, 0.29) is 24.3 Å². The molecule has 2 saturated carbocycles. The lowest BCUT2D eigenvalue weighted by atomic mass is 9.85. The maximum atomic E-state index is 12.4. The van der Waals surface area contributed by atoms with Crippen molar-refractivity contribution in [3.8, 4) is 0 Å². The number of amides is 2. The van der Waals surface area contributed by atoms with Gasteiger partial charge in [-0.1, -0.05) is 46.0 Å². The van der Waals surface area contributed by atoms with E-state index in [1.807, 2.05) is 13.8 Å². The molecule has 0 aliphatic heterocycles. The van der Waals surface area contributed by atoms with Crippen LogP contribution in [0.1, 0.15) is 52.4 Å². The Morgan fingerprint density at radius 2 is 1.87 bits per heavy atom. The largest absolute Gasteiger partial charge is 0.375 e. The number of methoxy groups -OCH3 is 1. The first-order valence-corrected chi connectivity index (χ1v) is 9.09. The van der Waals surface area contributed by atoms with Gasteiger partial charge in [0.25, 0.3) is 0 Å². The molecule has 0 spiro atoms. The van der Waals surface area contributed by atoms with E-state index in [1.54, 1.807) is 0 Å². The molecule has 2 aliphatic carbocycles. The third kappa shape index (κ3) is 5.48. The summed E-state index contributed by atoms with van der Waals surface area (Å²) in [5.41, 5.74) is 0. The van der Waals surface area contributed by atoms with Crippen LogP contribution < -0.4 is 10.6 Å². The molecule has 0 bridgehead atoms. The van der Waals surface area contributed by atoms with Crippen molar-refractivity contribution in [1.29, 1.82) is 0 Å². The van der Waals surface area contributed by atoms with Crippen LogP contribution in [0, 0.1) is 23.7 Å². The van der Waals surface area contributed by atoms with Crippen LogP contribution in [0.3, 0.4) is 0 Å². The summed E-state index contributed by atoms with van der Waals surface area (Å²) in [4.78, 5) is 24.0. The molecule has 2 fully saturated rings. The van der Waals surface area contributed by atoms with Crippen molar-refractivity contribution in [3.63, 3.8) is 0 Å². The Morgan fingerprint density at radius 1 is 1.17 bits per heavy atom. The van der Waals surface area contributed by atoms with Crippen molar-refractivity contribution in [1.82, 2.24) is 10.6 Å². The molecule has 0 heterocycles.